The van der Waals surface area contributed by atoms with Gasteiger partial charge < -0.3 is 4.42 Å². The van der Waals surface area contributed by atoms with Crippen LogP contribution in [0.15, 0.2) is 22.6 Å². The van der Waals surface area contributed by atoms with E-state index in [1.54, 1.807) is 25.1 Å². The predicted octanol–water partition coefficient (Wildman–Crippen LogP) is 2.97. The fourth-order valence-electron chi connectivity index (χ4n) is 2.21. The Hall–Kier alpha value is -1.61. The van der Waals surface area contributed by atoms with Gasteiger partial charge in [0.15, 0.2) is 11.6 Å². The zero-order valence-electron chi connectivity index (χ0n) is 9.29. The van der Waals surface area contributed by atoms with Crippen LogP contribution in [0.1, 0.15) is 33.3 Å². The monoisotopic (exact) mass is 247 g/mol. The summed E-state index contributed by atoms with van der Waals surface area (Å²) in [7, 11) is 0. The van der Waals surface area contributed by atoms with Crippen molar-refractivity contribution in [2.24, 2.45) is 0 Å². The van der Waals surface area contributed by atoms with Gasteiger partial charge in [-0.1, -0.05) is 23.7 Å². The smallest absolute Gasteiger partial charge is 0.215 e. The Labute approximate surface area is 103 Å². The summed E-state index contributed by atoms with van der Waals surface area (Å²) in [6, 6.07) is 5.39. The van der Waals surface area contributed by atoms with Gasteiger partial charge in [0.2, 0.25) is 5.78 Å². The molecule has 1 aliphatic carbocycles. The summed E-state index contributed by atoms with van der Waals surface area (Å²) in [5.41, 5.74) is 1.97. The SMILES string of the molecule is Cc1nc2c(o1)CCc1c(Cl)cccc1C2=O. The molecule has 0 radical (unpaired) electrons. The summed E-state index contributed by atoms with van der Waals surface area (Å²) in [5.74, 6) is 1.11. The van der Waals surface area contributed by atoms with Crippen molar-refractivity contribution in [3.63, 3.8) is 0 Å². The number of aromatic nitrogens is 1. The fraction of sp³-hybridized carbons (Fsp3) is 0.231. The third-order valence-electron chi connectivity index (χ3n) is 2.98. The summed E-state index contributed by atoms with van der Waals surface area (Å²) < 4.78 is 5.45. The minimum atomic E-state index is -0.0909. The first kappa shape index (κ1) is 10.5. The van der Waals surface area contributed by atoms with Crippen molar-refractivity contribution < 1.29 is 9.21 Å². The van der Waals surface area contributed by atoms with Crippen LogP contribution in [-0.2, 0) is 12.8 Å². The normalized spacial score (nSPS) is 14.1. The van der Waals surface area contributed by atoms with Crippen LogP contribution < -0.4 is 0 Å². The summed E-state index contributed by atoms with van der Waals surface area (Å²) in [5, 5.41) is 0.637. The Bertz CT molecular complexity index is 616. The lowest BCUT2D eigenvalue weighted by Gasteiger charge is -2.05. The van der Waals surface area contributed by atoms with E-state index < -0.39 is 0 Å². The molecule has 86 valence electrons. The van der Waals surface area contributed by atoms with Gasteiger partial charge in [0.1, 0.15) is 5.76 Å². The molecular weight excluding hydrogens is 238 g/mol. The molecule has 0 amide bonds. The molecule has 0 N–H and O–H groups in total. The van der Waals surface area contributed by atoms with Crippen LogP contribution >= 0.6 is 11.6 Å². The molecule has 1 aromatic heterocycles. The maximum absolute atomic E-state index is 12.3. The Morgan fingerprint density at radius 3 is 3.00 bits per heavy atom. The molecule has 0 fully saturated rings. The number of halogens is 1. The van der Waals surface area contributed by atoms with Crippen molar-refractivity contribution in [3.8, 4) is 0 Å². The quantitative estimate of drug-likeness (QED) is 0.719. The second-order valence-corrected chi connectivity index (χ2v) is 4.51. The Kier molecular flexibility index (Phi) is 2.30. The first-order valence-electron chi connectivity index (χ1n) is 5.45. The van der Waals surface area contributed by atoms with Crippen LogP contribution in [0.25, 0.3) is 0 Å². The highest BCUT2D eigenvalue weighted by Crippen LogP contribution is 2.29. The van der Waals surface area contributed by atoms with E-state index in [-0.39, 0.29) is 5.78 Å². The molecular formula is C13H10ClNO2. The van der Waals surface area contributed by atoms with Crippen molar-refractivity contribution in [1.82, 2.24) is 4.98 Å². The lowest BCUT2D eigenvalue weighted by atomic mass is 10.0. The molecule has 1 aliphatic rings. The Balaban J connectivity index is 2.22. The molecule has 0 bridgehead atoms. The van der Waals surface area contributed by atoms with Crippen molar-refractivity contribution >= 4 is 17.4 Å². The molecule has 0 saturated heterocycles. The van der Waals surface area contributed by atoms with Crippen LogP contribution in [-0.4, -0.2) is 10.8 Å². The van der Waals surface area contributed by atoms with E-state index in [0.29, 0.717) is 40.8 Å². The van der Waals surface area contributed by atoms with Crippen molar-refractivity contribution in [2.45, 2.75) is 19.8 Å². The highest BCUT2D eigenvalue weighted by molar-refractivity contribution is 6.32. The Morgan fingerprint density at radius 2 is 2.18 bits per heavy atom. The molecule has 0 aliphatic heterocycles. The molecule has 1 heterocycles. The molecule has 3 nitrogen and oxygen atoms in total. The second-order valence-electron chi connectivity index (χ2n) is 4.10. The number of oxazole rings is 1. The van der Waals surface area contributed by atoms with Crippen LogP contribution in [0.4, 0.5) is 0 Å². The van der Waals surface area contributed by atoms with Crippen LogP contribution in [0, 0.1) is 6.92 Å². The van der Waals surface area contributed by atoms with E-state index in [9.17, 15) is 4.79 Å². The van der Waals surface area contributed by atoms with Crippen molar-refractivity contribution in [2.75, 3.05) is 0 Å². The molecule has 3 rings (SSSR count). The second kappa shape index (κ2) is 3.70. The largest absolute Gasteiger partial charge is 0.445 e. The van der Waals surface area contributed by atoms with Gasteiger partial charge in [-0.05, 0) is 18.1 Å². The molecule has 4 heteroatoms. The molecule has 0 spiro atoms. The van der Waals surface area contributed by atoms with Gasteiger partial charge in [0, 0.05) is 23.9 Å². The first-order chi connectivity index (χ1) is 8.16. The number of carbonyl (C=O) groups is 1. The van der Waals surface area contributed by atoms with Crippen LogP contribution in [0.5, 0.6) is 0 Å². The number of aryl methyl sites for hydroxylation is 2. The average molecular weight is 248 g/mol. The molecule has 0 saturated carbocycles. The maximum atomic E-state index is 12.3. The average Bonchev–Trinajstić information content (AvgIpc) is 2.62. The third kappa shape index (κ3) is 1.58. The zero-order chi connectivity index (χ0) is 12.0. The van der Waals surface area contributed by atoms with E-state index in [4.69, 9.17) is 16.0 Å². The van der Waals surface area contributed by atoms with Gasteiger partial charge in [-0.25, -0.2) is 4.98 Å². The number of carbonyl (C=O) groups excluding carboxylic acids is 1. The van der Waals surface area contributed by atoms with Gasteiger partial charge >= 0.3 is 0 Å². The number of rotatable bonds is 0. The number of ketones is 1. The molecule has 17 heavy (non-hydrogen) atoms. The van der Waals surface area contributed by atoms with Gasteiger partial charge in [-0.2, -0.15) is 0 Å². The predicted molar refractivity (Wildman–Crippen MR) is 63.5 cm³/mol. The highest BCUT2D eigenvalue weighted by atomic mass is 35.5. The molecule has 1 aromatic carbocycles. The van der Waals surface area contributed by atoms with Crippen LogP contribution in [0.3, 0.4) is 0 Å². The number of fused-ring (bicyclic) bond motifs is 2. The standard InChI is InChI=1S/C13H10ClNO2/c1-7-15-12-11(17-7)6-5-8-9(13(12)16)3-2-4-10(8)14/h2-4H,5-6H2,1H3. The number of nitrogens with zero attached hydrogens (tertiary/aromatic N) is 1. The third-order valence-corrected chi connectivity index (χ3v) is 3.34. The first-order valence-corrected chi connectivity index (χ1v) is 5.83. The molecule has 0 atom stereocenters. The van der Waals surface area contributed by atoms with E-state index >= 15 is 0 Å². The lowest BCUT2D eigenvalue weighted by molar-refractivity contribution is 0.103. The highest BCUT2D eigenvalue weighted by Gasteiger charge is 2.26. The van der Waals surface area contributed by atoms with Gasteiger partial charge in [-0.15, -0.1) is 0 Å². The van der Waals surface area contributed by atoms with Gasteiger partial charge in [0.25, 0.3) is 0 Å². The summed E-state index contributed by atoms with van der Waals surface area (Å²) in [6.45, 7) is 1.75. The van der Waals surface area contributed by atoms with Crippen molar-refractivity contribution in [3.05, 3.63) is 51.7 Å². The van der Waals surface area contributed by atoms with Crippen LogP contribution in [0.2, 0.25) is 5.02 Å². The topological polar surface area (TPSA) is 43.1 Å². The summed E-state index contributed by atoms with van der Waals surface area (Å²) in [4.78, 5) is 16.5. The fourth-order valence-corrected chi connectivity index (χ4v) is 2.48. The van der Waals surface area contributed by atoms with E-state index in [1.165, 1.54) is 0 Å². The zero-order valence-corrected chi connectivity index (χ0v) is 10.0. The maximum Gasteiger partial charge on any atom is 0.215 e. The summed E-state index contributed by atoms with van der Waals surface area (Å²) >= 11 is 6.12. The minimum absolute atomic E-state index is 0.0909. The Morgan fingerprint density at radius 1 is 1.35 bits per heavy atom. The van der Waals surface area contributed by atoms with Gasteiger partial charge in [-0.3, -0.25) is 4.79 Å². The number of benzene rings is 1. The summed E-state index contributed by atoms with van der Waals surface area (Å²) in [6.07, 6.45) is 1.38. The van der Waals surface area contributed by atoms with Crippen molar-refractivity contribution in [1.29, 1.82) is 0 Å². The van der Waals surface area contributed by atoms with Gasteiger partial charge in [0.05, 0.1) is 0 Å². The van der Waals surface area contributed by atoms with E-state index in [0.717, 1.165) is 5.56 Å². The minimum Gasteiger partial charge on any atom is -0.445 e. The molecule has 2 aromatic rings. The molecule has 0 unspecified atom stereocenters. The lowest BCUT2D eigenvalue weighted by Crippen LogP contribution is -2.04. The number of hydrogen-bond acceptors (Lipinski definition) is 3. The number of hydrogen-bond donors (Lipinski definition) is 0. The van der Waals surface area contributed by atoms with E-state index in [1.807, 2.05) is 0 Å². The van der Waals surface area contributed by atoms with E-state index in [2.05, 4.69) is 4.98 Å².